The number of hydrogen-bond acceptors (Lipinski definition) is 17. The average molecular weight is 1200 g/mol. The third-order valence-corrected chi connectivity index (χ3v) is 14.1. The fourth-order valence-electron chi connectivity index (χ4n) is 8.77. The number of primary amides is 1. The SMILES string of the molecule is CC(=O)N[C@H](Cc1ccc([N+](=O)[O-])cc1)C(=O)N[C@H](CS)C(=O)N[C@@H](Cc1ccc(O)cc1)C(=O)N[C@H](Cc1c[nH]c2ccccc12)C(=O)N[C@@H](CCCCN)C(=O)N[C@H](C(=O)N[C@@H](CS)C(=O)N[C@H](Cc1ccc(O)cc1)C(N)=O)[C@@H](C)O. The van der Waals surface area contributed by atoms with E-state index in [0.717, 1.165) is 0 Å². The van der Waals surface area contributed by atoms with Crippen LogP contribution in [0.2, 0.25) is 0 Å². The molecule has 16 N–H and O–H groups in total. The number of nitrogens with zero attached hydrogens (tertiary/aromatic N) is 1. The number of rotatable bonds is 32. The number of thiol groups is 2. The number of phenols is 2. The van der Waals surface area contributed by atoms with E-state index in [1.54, 1.807) is 30.5 Å². The van der Waals surface area contributed by atoms with Crippen molar-refractivity contribution in [2.24, 2.45) is 11.5 Å². The molecule has 9 atom stereocenters. The van der Waals surface area contributed by atoms with Crippen molar-refractivity contribution in [1.82, 2.24) is 47.5 Å². The van der Waals surface area contributed by atoms with Crippen molar-refractivity contribution < 1.29 is 63.4 Å². The smallest absolute Gasteiger partial charge is 0.269 e. The maximum absolute atomic E-state index is 14.8. The molecule has 0 unspecified atom stereocenters. The molecule has 0 fully saturated rings. The zero-order chi connectivity index (χ0) is 61.6. The number of H-pyrrole nitrogens is 1. The fraction of sp³-hybridized carbons (Fsp3) is 0.375. The summed E-state index contributed by atoms with van der Waals surface area (Å²) in [6.07, 6.45) is -0.0434. The Balaban J connectivity index is 1.39. The second-order valence-electron chi connectivity index (χ2n) is 19.8. The van der Waals surface area contributed by atoms with Gasteiger partial charge in [-0.25, -0.2) is 0 Å². The van der Waals surface area contributed by atoms with Gasteiger partial charge in [-0.2, -0.15) is 25.3 Å². The lowest BCUT2D eigenvalue weighted by molar-refractivity contribution is -0.384. The number of aromatic amines is 1. The Kier molecular flexibility index (Phi) is 25.3. The number of unbranched alkanes of at least 4 members (excludes halogenated alkanes) is 1. The van der Waals surface area contributed by atoms with Crippen LogP contribution in [0.15, 0.2) is 103 Å². The maximum atomic E-state index is 14.8. The number of aromatic hydroxyl groups is 2. The van der Waals surface area contributed by atoms with Crippen LogP contribution in [0.1, 0.15) is 55.4 Å². The van der Waals surface area contributed by atoms with Gasteiger partial charge >= 0.3 is 0 Å². The Morgan fingerprint density at radius 1 is 0.560 bits per heavy atom. The molecule has 26 nitrogen and oxygen atoms in total. The molecule has 1 aromatic heterocycles. The first-order valence-corrected chi connectivity index (χ1v) is 27.9. The molecular weight excluding hydrogens is 1130 g/mol. The summed E-state index contributed by atoms with van der Waals surface area (Å²) in [5, 5.41) is 63.0. The zero-order valence-corrected chi connectivity index (χ0v) is 47.7. The number of aromatic nitrogens is 1. The molecule has 0 aliphatic heterocycles. The standard InChI is InChI=1S/C56H70N12O14S2/c1-30(69)48(56(80)66-47(29-84)54(78)62-42(49(58)73)23-33-12-18-37(71)19-13-33)67-50(74)41(9-5-6-22-57)61-53(77)45(26-35-27-59-40-8-4-3-7-39(35)40)64-52(76)44(25-34-14-20-38(72)21-15-34)63-55(79)46(28-83)65-51(75)43(60-31(2)70)24-32-10-16-36(17-11-32)68(81)82/h3-4,7-8,10-21,27,30,41-48,59,69,71-72,83-84H,5-6,9,22-26,28-29,57H2,1-2H3,(H2,58,73)(H,60,70)(H,61,77)(H,62,78)(H,63,79)(H,64,76)(H,65,75)(H,66,80)(H,67,74)/t30-,41+,42-,43-,44+,45-,46-,47+,48+/m1/s1. The third kappa shape index (κ3) is 20.0. The monoisotopic (exact) mass is 1200 g/mol. The number of benzene rings is 4. The molecule has 0 spiro atoms. The first kappa shape index (κ1) is 66.1. The Bertz CT molecular complexity index is 3110. The second kappa shape index (κ2) is 32.2. The van der Waals surface area contributed by atoms with Crippen LogP contribution in [-0.2, 0) is 68.8 Å². The van der Waals surface area contributed by atoms with Crippen LogP contribution in [0.25, 0.3) is 10.9 Å². The van der Waals surface area contributed by atoms with E-state index in [9.17, 15) is 68.6 Å². The van der Waals surface area contributed by atoms with E-state index >= 15 is 0 Å². The average Bonchev–Trinajstić information content (AvgIpc) is 3.85. The van der Waals surface area contributed by atoms with E-state index < -0.39 is 113 Å². The molecule has 1 heterocycles. The van der Waals surface area contributed by atoms with Crippen molar-refractivity contribution >= 4 is 95.0 Å². The normalized spacial score (nSPS) is 14.3. The molecule has 84 heavy (non-hydrogen) atoms. The number of nitro groups is 1. The summed E-state index contributed by atoms with van der Waals surface area (Å²) < 4.78 is 0. The highest BCUT2D eigenvalue weighted by Crippen LogP contribution is 2.21. The zero-order valence-electron chi connectivity index (χ0n) is 45.9. The number of hydrogen-bond donors (Lipinski definition) is 16. The molecule has 9 amide bonds. The van der Waals surface area contributed by atoms with Crippen molar-refractivity contribution in [1.29, 1.82) is 0 Å². The van der Waals surface area contributed by atoms with Gasteiger partial charge in [0.15, 0.2) is 0 Å². The van der Waals surface area contributed by atoms with Crippen molar-refractivity contribution in [2.75, 3.05) is 18.1 Å². The number of nitro benzene ring substituents is 1. The first-order chi connectivity index (χ1) is 40.0. The lowest BCUT2D eigenvalue weighted by Crippen LogP contribution is -2.62. The minimum atomic E-state index is -1.74. The predicted molar refractivity (Wildman–Crippen MR) is 315 cm³/mol. The van der Waals surface area contributed by atoms with Gasteiger partial charge in [0.05, 0.1) is 11.0 Å². The molecule has 0 aliphatic carbocycles. The number of nitrogens with one attached hydrogen (secondary N) is 9. The Hall–Kier alpha value is -8.73. The van der Waals surface area contributed by atoms with Crippen LogP contribution in [0, 0.1) is 10.1 Å². The molecule has 0 aliphatic rings. The summed E-state index contributed by atoms with van der Waals surface area (Å²) in [6, 6.07) is 12.3. The summed E-state index contributed by atoms with van der Waals surface area (Å²) in [7, 11) is 0. The van der Waals surface area contributed by atoms with Crippen LogP contribution in [0.5, 0.6) is 11.5 Å². The summed E-state index contributed by atoms with van der Waals surface area (Å²) in [4.78, 5) is 138. The lowest BCUT2D eigenvalue weighted by Gasteiger charge is -2.28. The van der Waals surface area contributed by atoms with E-state index in [1.807, 2.05) is 0 Å². The molecule has 0 radical (unpaired) electrons. The number of fused-ring (bicyclic) bond motifs is 1. The van der Waals surface area contributed by atoms with E-state index in [4.69, 9.17) is 11.5 Å². The fourth-order valence-corrected chi connectivity index (χ4v) is 9.29. The van der Waals surface area contributed by atoms with Crippen LogP contribution in [-0.4, -0.2) is 151 Å². The van der Waals surface area contributed by atoms with Gasteiger partial charge in [0, 0.05) is 73.3 Å². The number of para-hydroxylation sites is 1. The molecule has 5 aromatic rings. The predicted octanol–water partition coefficient (Wildman–Crippen LogP) is -0.489. The largest absolute Gasteiger partial charge is 0.508 e. The number of nitrogens with two attached hydrogens (primary N) is 2. The van der Waals surface area contributed by atoms with Gasteiger partial charge in [-0.15, -0.1) is 0 Å². The Morgan fingerprint density at radius 3 is 1.45 bits per heavy atom. The number of carbonyl (C=O) groups is 9. The highest BCUT2D eigenvalue weighted by molar-refractivity contribution is 7.80. The number of aliphatic hydroxyl groups is 1. The van der Waals surface area contributed by atoms with E-state index in [2.05, 4.69) is 72.8 Å². The number of amides is 9. The molecule has 0 bridgehead atoms. The van der Waals surface area contributed by atoms with Gasteiger partial charge in [0.25, 0.3) is 5.69 Å². The summed E-state index contributed by atoms with van der Waals surface area (Å²) in [5.74, 6) is -8.73. The second-order valence-corrected chi connectivity index (χ2v) is 20.6. The van der Waals surface area contributed by atoms with E-state index in [1.165, 1.54) is 86.6 Å². The highest BCUT2D eigenvalue weighted by atomic mass is 32.1. The minimum Gasteiger partial charge on any atom is -0.508 e. The quantitative estimate of drug-likeness (QED) is 0.0112. The molecular formula is C56H70N12O14S2. The number of non-ortho nitro benzene ring substituents is 1. The maximum Gasteiger partial charge on any atom is 0.269 e. The number of aliphatic hydroxyl groups excluding tert-OH is 1. The third-order valence-electron chi connectivity index (χ3n) is 13.3. The van der Waals surface area contributed by atoms with Crippen molar-refractivity contribution in [3.8, 4) is 11.5 Å². The van der Waals surface area contributed by atoms with Crippen molar-refractivity contribution in [3.63, 3.8) is 0 Å². The van der Waals surface area contributed by atoms with Crippen LogP contribution in [0.4, 0.5) is 5.69 Å². The molecule has 28 heteroatoms. The Morgan fingerprint density at radius 2 is 0.976 bits per heavy atom. The van der Waals surface area contributed by atoms with Gasteiger partial charge in [-0.05, 0) is 85.3 Å². The van der Waals surface area contributed by atoms with Gasteiger partial charge in [0.2, 0.25) is 53.2 Å². The molecule has 450 valence electrons. The van der Waals surface area contributed by atoms with Crippen molar-refractivity contribution in [3.05, 3.63) is 136 Å². The van der Waals surface area contributed by atoms with Crippen LogP contribution >= 0.6 is 25.3 Å². The molecule has 4 aromatic carbocycles. The van der Waals surface area contributed by atoms with E-state index in [0.29, 0.717) is 39.6 Å². The van der Waals surface area contributed by atoms with Gasteiger partial charge in [-0.1, -0.05) is 54.6 Å². The lowest BCUT2D eigenvalue weighted by atomic mass is 10.0. The molecule has 5 rings (SSSR count). The minimum absolute atomic E-state index is 0.0303. The number of carbonyl (C=O) groups excluding carboxylic acids is 9. The van der Waals surface area contributed by atoms with Gasteiger partial charge < -0.3 is 74.3 Å². The van der Waals surface area contributed by atoms with Gasteiger partial charge in [0.1, 0.15) is 59.8 Å². The first-order valence-electron chi connectivity index (χ1n) is 26.6. The molecule has 0 saturated heterocycles. The van der Waals surface area contributed by atoms with E-state index in [-0.39, 0.29) is 73.8 Å². The summed E-state index contributed by atoms with van der Waals surface area (Å²) in [5.41, 5.74) is 13.8. The topological polar surface area (TPSA) is 422 Å². The summed E-state index contributed by atoms with van der Waals surface area (Å²) >= 11 is 8.50. The van der Waals surface area contributed by atoms with Crippen LogP contribution < -0.4 is 54.0 Å². The highest BCUT2D eigenvalue weighted by Gasteiger charge is 2.36. The van der Waals surface area contributed by atoms with Crippen LogP contribution in [0.3, 0.4) is 0 Å². The Labute approximate surface area is 493 Å². The van der Waals surface area contributed by atoms with Gasteiger partial charge in [-0.3, -0.25) is 53.3 Å². The van der Waals surface area contributed by atoms with Crippen molar-refractivity contribution in [2.45, 2.75) is 113 Å². The molecule has 0 saturated carbocycles. The summed E-state index contributed by atoms with van der Waals surface area (Å²) in [6.45, 7) is 2.56. The number of phenolic OH excluding ortho intramolecular Hbond substituents is 2.